The van der Waals surface area contributed by atoms with E-state index in [9.17, 15) is 18.8 Å². The van der Waals surface area contributed by atoms with Gasteiger partial charge in [-0.1, -0.05) is 24.8 Å². The van der Waals surface area contributed by atoms with Crippen molar-refractivity contribution in [3.05, 3.63) is 83.2 Å². The molecule has 2 aromatic rings. The van der Waals surface area contributed by atoms with E-state index in [2.05, 4.69) is 11.3 Å². The number of benzene rings is 1. The van der Waals surface area contributed by atoms with Gasteiger partial charge in [-0.15, -0.1) is 0 Å². The summed E-state index contributed by atoms with van der Waals surface area (Å²) in [6, 6.07) is 8.80. The maximum absolute atomic E-state index is 13.8. The number of ether oxygens (including phenoxy) is 2. The standard InChI is InChI=1S/C23H22FNO6/c1-4-10-30-23(28)21-14(2)25(13-17-8-9-19(31-17)22(27)29-3)20(26)12-18(21)15-6-5-7-16(24)11-15/h4-9,11,18H,1,10,12-13H2,2-3H3. The van der Waals surface area contributed by atoms with Crippen molar-refractivity contribution >= 4 is 17.8 Å². The van der Waals surface area contributed by atoms with Crippen LogP contribution in [0.4, 0.5) is 4.39 Å². The first-order valence-corrected chi connectivity index (χ1v) is 9.57. The number of methoxy groups -OCH3 is 1. The van der Waals surface area contributed by atoms with Crippen LogP contribution in [-0.4, -0.2) is 36.5 Å². The van der Waals surface area contributed by atoms with Gasteiger partial charge in [0.05, 0.1) is 19.2 Å². The Hall–Kier alpha value is -3.68. The van der Waals surface area contributed by atoms with Crippen molar-refractivity contribution in [2.75, 3.05) is 13.7 Å². The lowest BCUT2D eigenvalue weighted by Crippen LogP contribution is -2.38. The normalized spacial score (nSPS) is 16.3. The van der Waals surface area contributed by atoms with E-state index in [-0.39, 0.29) is 36.8 Å². The van der Waals surface area contributed by atoms with Crippen LogP contribution in [0.15, 0.2) is 64.7 Å². The third kappa shape index (κ3) is 4.74. The smallest absolute Gasteiger partial charge is 0.373 e. The third-order valence-corrected chi connectivity index (χ3v) is 4.99. The van der Waals surface area contributed by atoms with Crippen LogP contribution >= 0.6 is 0 Å². The minimum absolute atomic E-state index is 0.000103. The van der Waals surface area contributed by atoms with Crippen molar-refractivity contribution in [1.29, 1.82) is 0 Å². The van der Waals surface area contributed by atoms with E-state index >= 15 is 0 Å². The Morgan fingerprint density at radius 1 is 1.29 bits per heavy atom. The summed E-state index contributed by atoms with van der Waals surface area (Å²) in [6.45, 7) is 5.17. The van der Waals surface area contributed by atoms with Gasteiger partial charge in [0, 0.05) is 18.0 Å². The number of halogens is 1. The number of carbonyl (C=O) groups excluding carboxylic acids is 3. The van der Waals surface area contributed by atoms with E-state index < -0.39 is 23.7 Å². The zero-order valence-electron chi connectivity index (χ0n) is 17.2. The van der Waals surface area contributed by atoms with E-state index in [1.807, 2.05) is 0 Å². The number of nitrogens with zero attached hydrogens (tertiary/aromatic N) is 1. The van der Waals surface area contributed by atoms with Gasteiger partial charge in [-0.25, -0.2) is 14.0 Å². The van der Waals surface area contributed by atoms with E-state index in [0.29, 0.717) is 17.0 Å². The molecular formula is C23H22FNO6. The van der Waals surface area contributed by atoms with Crippen molar-refractivity contribution in [2.24, 2.45) is 0 Å². The molecule has 0 radical (unpaired) electrons. The SMILES string of the molecule is C=CCOC(=O)C1=C(C)N(Cc2ccc(C(=O)OC)o2)C(=O)CC1c1cccc(F)c1. The molecule has 0 aliphatic carbocycles. The van der Waals surface area contributed by atoms with Gasteiger partial charge in [0.2, 0.25) is 11.7 Å². The van der Waals surface area contributed by atoms with Gasteiger partial charge in [0.25, 0.3) is 0 Å². The number of rotatable bonds is 7. The summed E-state index contributed by atoms with van der Waals surface area (Å²) in [7, 11) is 1.24. The molecule has 1 aromatic carbocycles. The van der Waals surface area contributed by atoms with Gasteiger partial charge in [0.1, 0.15) is 18.2 Å². The second-order valence-corrected chi connectivity index (χ2v) is 6.94. The molecule has 31 heavy (non-hydrogen) atoms. The molecule has 3 rings (SSSR count). The lowest BCUT2D eigenvalue weighted by molar-refractivity contribution is -0.139. The van der Waals surface area contributed by atoms with E-state index in [1.165, 1.54) is 42.4 Å². The average Bonchev–Trinajstić information content (AvgIpc) is 3.22. The van der Waals surface area contributed by atoms with Gasteiger partial charge in [-0.2, -0.15) is 0 Å². The first-order chi connectivity index (χ1) is 14.8. The summed E-state index contributed by atoms with van der Waals surface area (Å²) in [5, 5.41) is 0. The second-order valence-electron chi connectivity index (χ2n) is 6.94. The summed E-state index contributed by atoms with van der Waals surface area (Å²) in [5.41, 5.74) is 1.13. The first-order valence-electron chi connectivity index (χ1n) is 9.57. The fourth-order valence-corrected chi connectivity index (χ4v) is 3.52. The highest BCUT2D eigenvalue weighted by Crippen LogP contribution is 2.38. The number of hydrogen-bond donors (Lipinski definition) is 0. The Bertz CT molecular complexity index is 1050. The van der Waals surface area contributed by atoms with Crippen LogP contribution in [0, 0.1) is 5.82 Å². The molecule has 0 saturated carbocycles. The van der Waals surface area contributed by atoms with Crippen molar-refractivity contribution < 1.29 is 32.7 Å². The lowest BCUT2D eigenvalue weighted by Gasteiger charge is -2.34. The molecule has 1 aromatic heterocycles. The predicted octanol–water partition coefficient (Wildman–Crippen LogP) is 3.72. The molecule has 0 saturated heterocycles. The van der Waals surface area contributed by atoms with Crippen LogP contribution in [0.25, 0.3) is 0 Å². The van der Waals surface area contributed by atoms with Crippen LogP contribution < -0.4 is 0 Å². The molecule has 0 N–H and O–H groups in total. The van der Waals surface area contributed by atoms with Crippen molar-refractivity contribution in [2.45, 2.75) is 25.8 Å². The Morgan fingerprint density at radius 3 is 2.74 bits per heavy atom. The van der Waals surface area contributed by atoms with Gasteiger partial charge in [0.15, 0.2) is 0 Å². The maximum atomic E-state index is 13.8. The molecule has 0 bridgehead atoms. The van der Waals surface area contributed by atoms with E-state index in [4.69, 9.17) is 9.15 Å². The summed E-state index contributed by atoms with van der Waals surface area (Å²) >= 11 is 0. The molecule has 2 heterocycles. The van der Waals surface area contributed by atoms with Crippen molar-refractivity contribution in [3.8, 4) is 0 Å². The molecule has 1 aliphatic rings. The van der Waals surface area contributed by atoms with Gasteiger partial charge >= 0.3 is 11.9 Å². The summed E-state index contributed by atoms with van der Waals surface area (Å²) in [4.78, 5) is 38.8. The Morgan fingerprint density at radius 2 is 2.06 bits per heavy atom. The molecule has 1 atom stereocenters. The van der Waals surface area contributed by atoms with E-state index in [0.717, 1.165) is 0 Å². The summed E-state index contributed by atoms with van der Waals surface area (Å²) < 4.78 is 29.1. The molecule has 1 aliphatic heterocycles. The maximum Gasteiger partial charge on any atom is 0.373 e. The monoisotopic (exact) mass is 427 g/mol. The quantitative estimate of drug-likeness (QED) is 0.495. The van der Waals surface area contributed by atoms with Crippen LogP contribution in [0.1, 0.15) is 41.1 Å². The van der Waals surface area contributed by atoms with Gasteiger partial charge in [-0.05, 0) is 36.8 Å². The highest BCUT2D eigenvalue weighted by Gasteiger charge is 2.37. The van der Waals surface area contributed by atoms with Crippen LogP contribution in [-0.2, 0) is 25.6 Å². The molecule has 7 nitrogen and oxygen atoms in total. The number of allylic oxidation sites excluding steroid dienone is 1. The largest absolute Gasteiger partial charge is 0.463 e. The van der Waals surface area contributed by atoms with Crippen LogP contribution in [0.2, 0.25) is 0 Å². The predicted molar refractivity (Wildman–Crippen MR) is 108 cm³/mol. The zero-order valence-corrected chi connectivity index (χ0v) is 17.2. The fraction of sp³-hybridized carbons (Fsp3) is 0.261. The van der Waals surface area contributed by atoms with Crippen molar-refractivity contribution in [3.63, 3.8) is 0 Å². The number of hydrogen-bond acceptors (Lipinski definition) is 6. The minimum atomic E-state index is -0.654. The molecule has 162 valence electrons. The summed E-state index contributed by atoms with van der Waals surface area (Å²) in [5.74, 6) is -2.29. The second kappa shape index (κ2) is 9.42. The number of carbonyl (C=O) groups is 3. The first kappa shape index (κ1) is 22.0. The van der Waals surface area contributed by atoms with Crippen molar-refractivity contribution in [1.82, 2.24) is 4.90 Å². The topological polar surface area (TPSA) is 86.1 Å². The lowest BCUT2D eigenvalue weighted by atomic mass is 9.83. The number of amides is 1. The highest BCUT2D eigenvalue weighted by atomic mass is 19.1. The molecular weight excluding hydrogens is 405 g/mol. The average molecular weight is 427 g/mol. The van der Waals surface area contributed by atoms with Gasteiger partial charge < -0.3 is 18.8 Å². The zero-order chi connectivity index (χ0) is 22.5. The number of furan rings is 1. The molecule has 1 amide bonds. The third-order valence-electron chi connectivity index (χ3n) is 4.99. The molecule has 8 heteroatoms. The summed E-state index contributed by atoms with van der Waals surface area (Å²) in [6.07, 6.45) is 1.39. The molecule has 1 unspecified atom stereocenters. The Balaban J connectivity index is 1.98. The highest BCUT2D eigenvalue weighted by molar-refractivity contribution is 5.96. The Kier molecular flexibility index (Phi) is 6.69. The fourth-order valence-electron chi connectivity index (χ4n) is 3.52. The van der Waals surface area contributed by atoms with Crippen LogP contribution in [0.5, 0.6) is 0 Å². The minimum Gasteiger partial charge on any atom is -0.463 e. The van der Waals surface area contributed by atoms with Gasteiger partial charge in [-0.3, -0.25) is 4.79 Å². The Labute approximate surface area is 178 Å². The molecule has 0 fully saturated rings. The number of esters is 2. The van der Waals surface area contributed by atoms with E-state index in [1.54, 1.807) is 19.1 Å². The van der Waals surface area contributed by atoms with Crippen LogP contribution in [0.3, 0.4) is 0 Å². The molecule has 0 spiro atoms.